The van der Waals surface area contributed by atoms with E-state index in [9.17, 15) is 0 Å². The number of nitrogens with zero attached hydrogens (tertiary/aromatic N) is 6. The lowest BCUT2D eigenvalue weighted by atomic mass is 10.3. The number of aromatic nitrogens is 4. The molecule has 0 N–H and O–H groups in total. The molecule has 0 amide bonds. The van der Waals surface area contributed by atoms with Gasteiger partial charge in [0, 0.05) is 31.8 Å². The van der Waals surface area contributed by atoms with Crippen LogP contribution in [-0.4, -0.2) is 20.6 Å². The van der Waals surface area contributed by atoms with E-state index in [1.807, 2.05) is 109 Å². The van der Waals surface area contributed by atoms with Crippen molar-refractivity contribution >= 4 is 57.6 Å². The van der Waals surface area contributed by atoms with Crippen molar-refractivity contribution in [3.05, 3.63) is 182 Å². The molecule has 242 valence electrons. The molecule has 2 heterocycles. The number of hydrogen-bond donors (Lipinski definition) is 0. The van der Waals surface area contributed by atoms with Crippen molar-refractivity contribution in [2.75, 3.05) is 0 Å². The Morgan fingerprint density at radius 1 is 0.300 bits per heavy atom. The van der Waals surface area contributed by atoms with Gasteiger partial charge in [0.25, 0.3) is 0 Å². The van der Waals surface area contributed by atoms with E-state index in [2.05, 4.69) is 93.4 Å². The molecule has 0 aliphatic rings. The molecule has 0 bridgehead atoms. The summed E-state index contributed by atoms with van der Waals surface area (Å²) in [6.07, 6.45) is 0. The van der Waals surface area contributed by atoms with E-state index in [1.54, 1.807) is 0 Å². The summed E-state index contributed by atoms with van der Waals surface area (Å²) >= 11 is 0. The number of rotatable bonds is 9. The van der Waals surface area contributed by atoms with Crippen LogP contribution in [0.15, 0.2) is 201 Å². The predicted molar refractivity (Wildman–Crippen MR) is 202 cm³/mol. The van der Waals surface area contributed by atoms with Crippen molar-refractivity contribution in [1.82, 2.24) is 20.6 Å². The maximum Gasteiger partial charge on any atom is 0.226 e. The Kier molecular flexibility index (Phi) is 8.70. The molecular formula is C40H30N6O2P2. The highest BCUT2D eigenvalue weighted by Gasteiger charge is 2.33. The molecule has 0 unspecified atom stereocenters. The zero-order valence-corrected chi connectivity index (χ0v) is 28.5. The Morgan fingerprint density at radius 2 is 0.520 bits per heavy atom. The molecule has 0 aliphatic carbocycles. The lowest BCUT2D eigenvalue weighted by Crippen LogP contribution is -2.25. The van der Waals surface area contributed by atoms with Crippen LogP contribution in [0, 0.1) is 0 Å². The fraction of sp³-hybridized carbons (Fsp3) is 0. The number of benzene rings is 6. The Bertz CT molecular complexity index is 2060. The van der Waals surface area contributed by atoms with Crippen LogP contribution >= 0.6 is 14.1 Å². The lowest BCUT2D eigenvalue weighted by molar-refractivity contribution is 0.304. The normalized spacial score (nSPS) is 11.6. The molecule has 0 atom stereocenters. The van der Waals surface area contributed by atoms with Crippen LogP contribution in [0.1, 0.15) is 0 Å². The minimum Gasteiger partial charge on any atom is -0.242 e. The third-order valence-electron chi connectivity index (χ3n) is 8.44. The van der Waals surface area contributed by atoms with E-state index in [1.165, 1.54) is 0 Å². The zero-order valence-electron chi connectivity index (χ0n) is 26.7. The summed E-state index contributed by atoms with van der Waals surface area (Å²) in [7, 11) is -5.42. The molecule has 10 heteroatoms. The van der Waals surface area contributed by atoms with Gasteiger partial charge in [-0.05, 0) is 20.6 Å². The first kappa shape index (κ1) is 31.3. The van der Waals surface area contributed by atoms with Gasteiger partial charge in [-0.1, -0.05) is 182 Å². The van der Waals surface area contributed by atoms with Crippen LogP contribution < -0.4 is 31.8 Å². The zero-order chi connectivity index (χ0) is 33.6. The average molecular weight is 689 g/mol. The smallest absolute Gasteiger partial charge is 0.226 e. The molecule has 6 aromatic carbocycles. The average Bonchev–Trinajstić information content (AvgIpc) is 3.87. The fourth-order valence-electron chi connectivity index (χ4n) is 6.18. The Labute approximate surface area is 289 Å². The molecule has 0 aliphatic heterocycles. The van der Waals surface area contributed by atoms with Gasteiger partial charge in [-0.25, -0.2) is 18.7 Å². The van der Waals surface area contributed by atoms with Crippen molar-refractivity contribution in [3.8, 4) is 11.4 Å². The standard InChI is InChI=1S/C40H30N6O2P2/c1-7-19-31(20-8-1)49(32-21-9-2-10-22-32,33-23-11-3-12-24-33)45-39-37(41-47-43-39)38-40(44-48-42-38)46-50(34-25-13-4-14-26-34,35-27-15-5-16-28-35)36-29-17-6-18-30-36/h1-30H. The minimum atomic E-state index is -2.71. The maximum absolute atomic E-state index is 5.53. The first-order valence-electron chi connectivity index (χ1n) is 16.0. The van der Waals surface area contributed by atoms with Crippen LogP contribution in [0.5, 0.6) is 0 Å². The van der Waals surface area contributed by atoms with Crippen molar-refractivity contribution in [1.29, 1.82) is 0 Å². The van der Waals surface area contributed by atoms with Gasteiger partial charge in [0.05, 0.1) is 14.1 Å². The monoisotopic (exact) mass is 688 g/mol. The fourth-order valence-corrected chi connectivity index (χ4v) is 13.1. The van der Waals surface area contributed by atoms with Crippen LogP contribution in [0.2, 0.25) is 0 Å². The maximum atomic E-state index is 5.53. The van der Waals surface area contributed by atoms with Gasteiger partial charge in [0.1, 0.15) is 0 Å². The van der Waals surface area contributed by atoms with E-state index in [-0.39, 0.29) is 11.6 Å². The molecule has 8 nitrogen and oxygen atoms in total. The summed E-state index contributed by atoms with van der Waals surface area (Å²) in [5.74, 6) is 0.565. The second-order valence-corrected chi connectivity index (χ2v) is 17.4. The summed E-state index contributed by atoms with van der Waals surface area (Å²) < 4.78 is 21.9. The summed E-state index contributed by atoms with van der Waals surface area (Å²) in [5, 5.41) is 23.8. The van der Waals surface area contributed by atoms with Crippen LogP contribution in [0.3, 0.4) is 0 Å². The molecule has 0 fully saturated rings. The Morgan fingerprint density at radius 3 is 0.740 bits per heavy atom. The molecule has 8 aromatic rings. The van der Waals surface area contributed by atoms with Gasteiger partial charge in [-0.3, -0.25) is 0 Å². The first-order valence-corrected chi connectivity index (χ1v) is 19.5. The summed E-state index contributed by atoms with van der Waals surface area (Å²) in [6, 6.07) is 61.8. The summed E-state index contributed by atoms with van der Waals surface area (Å²) in [6.45, 7) is 0. The van der Waals surface area contributed by atoms with Gasteiger partial charge in [0.15, 0.2) is 11.4 Å². The predicted octanol–water partition coefficient (Wildman–Crippen LogP) is 7.74. The molecule has 8 rings (SSSR count). The molecular weight excluding hydrogens is 658 g/mol. The second kappa shape index (κ2) is 13.9. The molecule has 0 saturated carbocycles. The SMILES string of the molecule is c1ccc(P(=Nc2nonc2-c2nonc2N=P(c2ccccc2)(c2ccccc2)c2ccccc2)(c2ccccc2)c2ccccc2)cc1. The third-order valence-corrected chi connectivity index (χ3v) is 15.7. The molecule has 0 saturated heterocycles. The van der Waals surface area contributed by atoms with Crippen molar-refractivity contribution in [2.45, 2.75) is 0 Å². The largest absolute Gasteiger partial charge is 0.242 e. The Balaban J connectivity index is 1.41. The van der Waals surface area contributed by atoms with Gasteiger partial charge in [0.2, 0.25) is 11.6 Å². The van der Waals surface area contributed by atoms with Gasteiger partial charge in [-0.15, -0.1) is 0 Å². The highest BCUT2D eigenvalue weighted by molar-refractivity contribution is 7.88. The molecule has 50 heavy (non-hydrogen) atoms. The van der Waals surface area contributed by atoms with E-state index in [0.29, 0.717) is 11.4 Å². The highest BCUT2D eigenvalue weighted by atomic mass is 31.2. The minimum absolute atomic E-state index is 0.283. The van der Waals surface area contributed by atoms with E-state index in [4.69, 9.17) is 18.7 Å². The van der Waals surface area contributed by atoms with Crippen molar-refractivity contribution < 1.29 is 9.26 Å². The second-order valence-electron chi connectivity index (χ2n) is 11.4. The number of hydrogen-bond acceptors (Lipinski definition) is 8. The van der Waals surface area contributed by atoms with Crippen LogP contribution in [0.25, 0.3) is 11.4 Å². The third kappa shape index (κ3) is 5.65. The molecule has 2 aromatic heterocycles. The van der Waals surface area contributed by atoms with Crippen LogP contribution in [0.4, 0.5) is 11.6 Å². The van der Waals surface area contributed by atoms with Gasteiger partial charge >= 0.3 is 0 Å². The first-order chi connectivity index (χ1) is 24.8. The quantitative estimate of drug-likeness (QED) is 0.144. The Hall–Kier alpha value is -5.94. The molecule has 0 spiro atoms. The van der Waals surface area contributed by atoms with Crippen molar-refractivity contribution in [2.24, 2.45) is 9.49 Å². The highest BCUT2D eigenvalue weighted by Crippen LogP contribution is 2.52. The van der Waals surface area contributed by atoms with E-state index >= 15 is 0 Å². The lowest BCUT2D eigenvalue weighted by Gasteiger charge is -2.26. The summed E-state index contributed by atoms with van der Waals surface area (Å²) in [5.41, 5.74) is 0.592. The van der Waals surface area contributed by atoms with E-state index in [0.717, 1.165) is 31.8 Å². The van der Waals surface area contributed by atoms with Crippen molar-refractivity contribution in [3.63, 3.8) is 0 Å². The van der Waals surface area contributed by atoms with E-state index < -0.39 is 14.1 Å². The van der Waals surface area contributed by atoms with Gasteiger partial charge < -0.3 is 0 Å². The van der Waals surface area contributed by atoms with Gasteiger partial charge in [-0.2, -0.15) is 0 Å². The topological polar surface area (TPSA) is 103 Å². The molecule has 0 radical (unpaired) electrons. The summed E-state index contributed by atoms with van der Waals surface area (Å²) in [4.78, 5) is 0. The van der Waals surface area contributed by atoms with Crippen LogP contribution in [-0.2, 0) is 0 Å².